The fourth-order valence-electron chi connectivity index (χ4n) is 2.79. The number of phosphoric acid groups is 1. The Labute approximate surface area is 209 Å². The molecule has 0 amide bonds. The van der Waals surface area contributed by atoms with Crippen LogP contribution >= 0.6 is 23.0 Å². The molecule has 0 aliphatic carbocycles. The molecule has 0 saturated carbocycles. The van der Waals surface area contributed by atoms with E-state index in [0.29, 0.717) is 0 Å². The molecule has 6 atom stereocenters. The number of fused-ring (bicyclic) bond motifs is 1. The predicted octanol–water partition coefficient (Wildman–Crippen LogP) is -8.77. The number of hydrogen-bond donors (Lipinski definition) is 5. The first kappa shape index (κ1) is 30.9. The van der Waals surface area contributed by atoms with E-state index in [9.17, 15) is 43.5 Å². The van der Waals surface area contributed by atoms with Crippen LogP contribution in [0.25, 0.3) is 11.2 Å². The second kappa shape index (κ2) is 11.3. The van der Waals surface area contributed by atoms with E-state index in [1.54, 1.807) is 0 Å². The van der Waals surface area contributed by atoms with Crippen LogP contribution < -0.4 is 53.2 Å². The molecule has 0 bridgehead atoms. The molecule has 2 unspecified atom stereocenters. The number of hydrogen-bond acceptors (Lipinski definition) is 14. The van der Waals surface area contributed by atoms with Gasteiger partial charge in [-0.1, -0.05) is 0 Å². The average Bonchev–Trinajstić information content (AvgIpc) is 3.13. The van der Waals surface area contributed by atoms with Gasteiger partial charge in [-0.2, -0.15) is 0 Å². The van der Waals surface area contributed by atoms with Gasteiger partial charge in [-0.25, -0.2) is 15.0 Å². The van der Waals surface area contributed by atoms with Crippen LogP contribution in [0.5, 0.6) is 0 Å². The summed E-state index contributed by atoms with van der Waals surface area (Å²) in [6, 6.07) is 0. The quantitative estimate of drug-likeness (QED) is 0.161. The van der Waals surface area contributed by atoms with Crippen LogP contribution in [0.2, 0.25) is 0 Å². The topological polar surface area (TPSA) is 276 Å². The Kier molecular flexibility index (Phi) is 10.6. The number of nitrogens with two attached hydrogens (primary N) is 1. The summed E-state index contributed by atoms with van der Waals surface area (Å²) in [6.45, 7) is -0.862. The van der Waals surface area contributed by atoms with E-state index in [1.165, 1.54) is 10.9 Å². The molecule has 3 rings (SSSR count). The normalized spacial score (nSPS) is 26.7. The minimum Gasteiger partial charge on any atom is -0.789 e. The summed E-state index contributed by atoms with van der Waals surface area (Å²) >= 11 is 0. The van der Waals surface area contributed by atoms with Crippen molar-refractivity contribution in [3.05, 3.63) is 12.7 Å². The van der Waals surface area contributed by atoms with Gasteiger partial charge in [-0.15, -0.1) is 0 Å². The number of aromatic nitrogens is 4. The van der Waals surface area contributed by atoms with Crippen molar-refractivity contribution in [1.82, 2.24) is 19.5 Å². The zero-order valence-electron chi connectivity index (χ0n) is 17.1. The van der Waals surface area contributed by atoms with Crippen LogP contribution in [0.4, 0.5) is 5.82 Å². The smallest absolute Gasteiger partial charge is 0.789 e. The van der Waals surface area contributed by atoms with Crippen LogP contribution in [0.3, 0.4) is 0 Å². The molecule has 1 aliphatic rings. The van der Waals surface area contributed by atoms with Gasteiger partial charge in [0.2, 0.25) is 0 Å². The number of ether oxygens (including phenoxy) is 1. The summed E-state index contributed by atoms with van der Waals surface area (Å²) in [5.74, 6) is -1.67. The molecular formula is C11H16Li2N5O12P3. The molecule has 2 aromatic heterocycles. The number of aliphatic hydroxyl groups excluding tert-OH is 2. The summed E-state index contributed by atoms with van der Waals surface area (Å²) in [5.41, 5.74) is 6.03. The zero-order chi connectivity index (χ0) is 23.2. The number of anilines is 1. The van der Waals surface area contributed by atoms with Gasteiger partial charge < -0.3 is 49.3 Å². The zero-order valence-corrected chi connectivity index (χ0v) is 19.8. The van der Waals surface area contributed by atoms with E-state index in [0.717, 1.165) is 6.33 Å². The van der Waals surface area contributed by atoms with Gasteiger partial charge in [0.1, 0.15) is 30.2 Å². The van der Waals surface area contributed by atoms with Gasteiger partial charge in [-0.05, 0) is 0 Å². The second-order valence-corrected chi connectivity index (χ2v) is 11.9. The molecule has 22 heteroatoms. The predicted molar refractivity (Wildman–Crippen MR) is 94.8 cm³/mol. The second-order valence-electron chi connectivity index (χ2n) is 6.37. The van der Waals surface area contributed by atoms with Gasteiger partial charge in [0.25, 0.3) is 0 Å². The average molecular weight is 517 g/mol. The van der Waals surface area contributed by atoms with E-state index in [2.05, 4.69) is 23.8 Å². The Bertz CT molecular complexity index is 1120. The Morgan fingerprint density at radius 2 is 1.73 bits per heavy atom. The molecule has 2 aromatic rings. The molecule has 1 fully saturated rings. The van der Waals surface area contributed by atoms with Crippen molar-refractivity contribution >= 4 is 40.0 Å². The minimum atomic E-state index is -5.92. The summed E-state index contributed by atoms with van der Waals surface area (Å²) < 4.78 is 48.6. The van der Waals surface area contributed by atoms with Gasteiger partial charge in [0, 0.05) is 0 Å². The minimum absolute atomic E-state index is 0. The molecule has 3 heterocycles. The first-order valence-electron chi connectivity index (χ1n) is 8.15. The largest absolute Gasteiger partial charge is 1.00 e. The van der Waals surface area contributed by atoms with Gasteiger partial charge >= 0.3 is 52.9 Å². The SMILES string of the molecule is Nc1ncnc2c1ncn2[C@@H]1O[C@H](COP(=O)(O)CP(=O)(O)OP(=O)([O-])[O-])[C@H](O)[C@H]1O.[Li+].[Li+]. The van der Waals surface area contributed by atoms with E-state index < -0.39 is 60.1 Å². The molecule has 17 nitrogen and oxygen atoms in total. The van der Waals surface area contributed by atoms with Crippen LogP contribution in [0.1, 0.15) is 6.23 Å². The van der Waals surface area contributed by atoms with Crippen LogP contribution in [-0.2, 0) is 27.3 Å². The van der Waals surface area contributed by atoms with Crippen molar-refractivity contribution in [2.75, 3.05) is 18.2 Å². The standard InChI is InChI=1S/C11H18N5O12P3.2Li/c12-9-6-10(14-2-13-9)16(3-15-6)11-8(18)7(17)5(27-11)1-26-29(19,20)4-30(21,22)28-31(23,24)25;;/h2-3,5,7-8,11,17-18H,1,4H2,(H,19,20)(H,21,22)(H2,12,13,14)(H2,23,24,25);;/q;2*+1/p-2/t5-,7+,8-,11-;;/m1../s1. The first-order chi connectivity index (χ1) is 14.2. The van der Waals surface area contributed by atoms with Crippen molar-refractivity contribution in [3.8, 4) is 0 Å². The Morgan fingerprint density at radius 1 is 1.09 bits per heavy atom. The molecule has 174 valence electrons. The molecule has 0 spiro atoms. The fraction of sp³-hybridized carbons (Fsp3) is 0.545. The number of aliphatic hydroxyl groups is 2. The van der Waals surface area contributed by atoms with Gasteiger partial charge in [0.15, 0.2) is 23.6 Å². The third-order valence-corrected chi connectivity index (χ3v) is 9.26. The van der Waals surface area contributed by atoms with Crippen molar-refractivity contribution in [3.63, 3.8) is 0 Å². The summed E-state index contributed by atoms with van der Waals surface area (Å²) in [7, 11) is -16.2. The Balaban J connectivity index is 0.00000272. The van der Waals surface area contributed by atoms with E-state index in [4.69, 9.17) is 10.5 Å². The Morgan fingerprint density at radius 3 is 2.33 bits per heavy atom. The van der Waals surface area contributed by atoms with Crippen molar-refractivity contribution in [2.24, 2.45) is 0 Å². The van der Waals surface area contributed by atoms with Gasteiger partial charge in [0.05, 0.1) is 20.8 Å². The number of nitrogen functional groups attached to an aromatic ring is 1. The van der Waals surface area contributed by atoms with Crippen molar-refractivity contribution in [1.29, 1.82) is 0 Å². The molecular weight excluding hydrogens is 501 g/mol. The van der Waals surface area contributed by atoms with Crippen LogP contribution in [-0.4, -0.2) is 70.3 Å². The first-order valence-corrected chi connectivity index (χ1v) is 13.1. The molecule has 0 aromatic carbocycles. The maximum Gasteiger partial charge on any atom is 1.00 e. The molecule has 1 aliphatic heterocycles. The number of rotatable bonds is 8. The molecule has 0 radical (unpaired) electrons. The number of imidazole rings is 1. The maximum absolute atomic E-state index is 12.0. The molecule has 6 N–H and O–H groups in total. The summed E-state index contributed by atoms with van der Waals surface area (Å²) in [5, 5.41) is 20.5. The van der Waals surface area contributed by atoms with E-state index >= 15 is 0 Å². The Hall–Kier alpha value is -0.125. The summed E-state index contributed by atoms with van der Waals surface area (Å²) in [4.78, 5) is 51.5. The van der Waals surface area contributed by atoms with Crippen LogP contribution in [0.15, 0.2) is 12.7 Å². The maximum atomic E-state index is 12.0. The van der Waals surface area contributed by atoms with Gasteiger partial charge in [-0.3, -0.25) is 18.0 Å². The van der Waals surface area contributed by atoms with E-state index in [1.807, 2.05) is 0 Å². The third-order valence-electron chi connectivity index (χ3n) is 4.02. The van der Waals surface area contributed by atoms with Crippen LogP contribution in [0, 0.1) is 0 Å². The van der Waals surface area contributed by atoms with Crippen molar-refractivity contribution < 1.29 is 94.8 Å². The molecule has 33 heavy (non-hydrogen) atoms. The number of nitrogens with zero attached hydrogens (tertiary/aromatic N) is 4. The third kappa shape index (κ3) is 7.68. The summed E-state index contributed by atoms with van der Waals surface area (Å²) in [6.07, 6.45) is -3.53. The monoisotopic (exact) mass is 517 g/mol. The van der Waals surface area contributed by atoms with Crippen molar-refractivity contribution in [2.45, 2.75) is 24.5 Å². The fourth-order valence-corrected chi connectivity index (χ4v) is 7.23. The molecule has 1 saturated heterocycles. The van der Waals surface area contributed by atoms with E-state index in [-0.39, 0.29) is 54.7 Å².